The molecule has 0 atom stereocenters. The maximum Gasteiger partial charge on any atom is 0.189 e. The van der Waals surface area contributed by atoms with E-state index in [1.807, 2.05) is 12.1 Å². The molecule has 0 saturated heterocycles. The standard InChI is InChI=1S/C12H10O2/c1-2-4-11-9(3-1)5-6-10-7-13-8-14-12(10)11/h1-6H,7-8H2. The van der Waals surface area contributed by atoms with Crippen molar-refractivity contribution in [3.63, 3.8) is 0 Å². The summed E-state index contributed by atoms with van der Waals surface area (Å²) < 4.78 is 10.7. The quantitative estimate of drug-likeness (QED) is 0.629. The smallest absolute Gasteiger partial charge is 0.189 e. The van der Waals surface area contributed by atoms with Gasteiger partial charge in [-0.15, -0.1) is 0 Å². The Morgan fingerprint density at radius 3 is 2.93 bits per heavy atom. The molecule has 1 heterocycles. The molecule has 0 spiro atoms. The molecule has 1 aliphatic heterocycles. The Morgan fingerprint density at radius 2 is 1.93 bits per heavy atom. The van der Waals surface area contributed by atoms with E-state index in [0.717, 1.165) is 11.3 Å². The van der Waals surface area contributed by atoms with E-state index in [4.69, 9.17) is 9.47 Å². The Balaban J connectivity index is 2.34. The largest absolute Gasteiger partial charge is 0.467 e. The van der Waals surface area contributed by atoms with E-state index in [2.05, 4.69) is 24.3 Å². The van der Waals surface area contributed by atoms with Crippen LogP contribution >= 0.6 is 0 Å². The van der Waals surface area contributed by atoms with Gasteiger partial charge in [-0.3, -0.25) is 0 Å². The normalized spacial score (nSPS) is 14.9. The molecule has 0 radical (unpaired) electrons. The Kier molecular flexibility index (Phi) is 1.67. The third kappa shape index (κ3) is 1.08. The summed E-state index contributed by atoms with van der Waals surface area (Å²) in [7, 11) is 0. The van der Waals surface area contributed by atoms with Gasteiger partial charge in [-0.05, 0) is 5.39 Å². The van der Waals surface area contributed by atoms with Gasteiger partial charge in [0, 0.05) is 10.9 Å². The lowest BCUT2D eigenvalue weighted by molar-refractivity contribution is -0.0151. The average Bonchev–Trinajstić information content (AvgIpc) is 2.29. The van der Waals surface area contributed by atoms with E-state index in [1.54, 1.807) is 0 Å². The van der Waals surface area contributed by atoms with Crippen LogP contribution in [0.4, 0.5) is 0 Å². The zero-order valence-electron chi connectivity index (χ0n) is 7.69. The highest BCUT2D eigenvalue weighted by Gasteiger charge is 2.12. The maximum absolute atomic E-state index is 5.51. The molecule has 0 unspecified atom stereocenters. The van der Waals surface area contributed by atoms with Crippen molar-refractivity contribution in [2.75, 3.05) is 6.79 Å². The molecule has 0 amide bonds. The molecule has 0 bridgehead atoms. The van der Waals surface area contributed by atoms with E-state index < -0.39 is 0 Å². The summed E-state index contributed by atoms with van der Waals surface area (Å²) in [6.45, 7) is 1.02. The van der Waals surface area contributed by atoms with Crippen LogP contribution in [-0.4, -0.2) is 6.79 Å². The van der Waals surface area contributed by atoms with Crippen molar-refractivity contribution in [1.82, 2.24) is 0 Å². The van der Waals surface area contributed by atoms with E-state index >= 15 is 0 Å². The average molecular weight is 186 g/mol. The fraction of sp³-hybridized carbons (Fsp3) is 0.167. The molecular formula is C12H10O2. The van der Waals surface area contributed by atoms with Crippen LogP contribution in [0.1, 0.15) is 5.56 Å². The molecule has 2 nitrogen and oxygen atoms in total. The summed E-state index contributed by atoms with van der Waals surface area (Å²) in [6, 6.07) is 12.4. The first-order valence-electron chi connectivity index (χ1n) is 4.66. The number of rotatable bonds is 0. The zero-order chi connectivity index (χ0) is 9.38. The molecule has 1 aliphatic rings. The van der Waals surface area contributed by atoms with E-state index in [0.29, 0.717) is 13.4 Å². The van der Waals surface area contributed by atoms with Gasteiger partial charge in [0.15, 0.2) is 6.79 Å². The molecule has 2 heteroatoms. The lowest BCUT2D eigenvalue weighted by Gasteiger charge is -2.19. The lowest BCUT2D eigenvalue weighted by atomic mass is 10.1. The van der Waals surface area contributed by atoms with Crippen molar-refractivity contribution in [3.05, 3.63) is 42.0 Å². The Bertz CT molecular complexity index is 477. The zero-order valence-corrected chi connectivity index (χ0v) is 7.69. The lowest BCUT2D eigenvalue weighted by Crippen LogP contribution is -2.11. The Hall–Kier alpha value is -1.54. The summed E-state index contributed by atoms with van der Waals surface area (Å²) >= 11 is 0. The summed E-state index contributed by atoms with van der Waals surface area (Å²) in [5.74, 6) is 0.981. The summed E-state index contributed by atoms with van der Waals surface area (Å²) in [6.07, 6.45) is 0. The molecular weight excluding hydrogens is 176 g/mol. The van der Waals surface area contributed by atoms with Gasteiger partial charge < -0.3 is 9.47 Å². The van der Waals surface area contributed by atoms with E-state index in [9.17, 15) is 0 Å². The van der Waals surface area contributed by atoms with Crippen LogP contribution < -0.4 is 4.74 Å². The first-order valence-corrected chi connectivity index (χ1v) is 4.66. The predicted octanol–water partition coefficient (Wildman–Crippen LogP) is 2.71. The minimum atomic E-state index is 0.362. The molecule has 0 fully saturated rings. The molecule has 0 aliphatic carbocycles. The first kappa shape index (κ1) is 7.83. The fourth-order valence-corrected chi connectivity index (χ4v) is 1.82. The van der Waals surface area contributed by atoms with Crippen LogP contribution in [0.25, 0.3) is 10.8 Å². The van der Waals surface area contributed by atoms with Gasteiger partial charge in [0.2, 0.25) is 0 Å². The molecule has 14 heavy (non-hydrogen) atoms. The summed E-state index contributed by atoms with van der Waals surface area (Å²) in [5.41, 5.74) is 1.13. The van der Waals surface area contributed by atoms with Crippen LogP contribution in [0.5, 0.6) is 5.75 Å². The Labute approximate surface area is 82.1 Å². The monoisotopic (exact) mass is 186 g/mol. The molecule has 0 saturated carbocycles. The third-order valence-electron chi connectivity index (χ3n) is 2.51. The highest BCUT2D eigenvalue weighted by atomic mass is 16.7. The van der Waals surface area contributed by atoms with Gasteiger partial charge in [0.05, 0.1) is 6.61 Å². The van der Waals surface area contributed by atoms with Gasteiger partial charge in [-0.1, -0.05) is 36.4 Å². The number of fused-ring (bicyclic) bond motifs is 3. The van der Waals surface area contributed by atoms with Crippen molar-refractivity contribution < 1.29 is 9.47 Å². The van der Waals surface area contributed by atoms with Gasteiger partial charge >= 0.3 is 0 Å². The third-order valence-corrected chi connectivity index (χ3v) is 2.51. The number of hydrogen-bond donors (Lipinski definition) is 0. The van der Waals surface area contributed by atoms with Gasteiger partial charge in [-0.2, -0.15) is 0 Å². The highest BCUT2D eigenvalue weighted by Crippen LogP contribution is 2.32. The van der Waals surface area contributed by atoms with Crippen molar-refractivity contribution in [2.45, 2.75) is 6.61 Å². The summed E-state index contributed by atoms with van der Waals surface area (Å²) in [5, 5.41) is 2.39. The van der Waals surface area contributed by atoms with Crippen LogP contribution in [0.15, 0.2) is 36.4 Å². The molecule has 70 valence electrons. The van der Waals surface area contributed by atoms with Crippen molar-refractivity contribution in [3.8, 4) is 5.75 Å². The number of ether oxygens (including phenoxy) is 2. The Morgan fingerprint density at radius 1 is 1.00 bits per heavy atom. The second kappa shape index (κ2) is 3.00. The highest BCUT2D eigenvalue weighted by molar-refractivity contribution is 5.89. The molecule has 3 rings (SSSR count). The van der Waals surface area contributed by atoms with Crippen LogP contribution in [0.3, 0.4) is 0 Å². The fourth-order valence-electron chi connectivity index (χ4n) is 1.82. The van der Waals surface area contributed by atoms with Gasteiger partial charge in [0.1, 0.15) is 5.75 Å². The van der Waals surface area contributed by atoms with Crippen molar-refractivity contribution in [1.29, 1.82) is 0 Å². The second-order valence-electron chi connectivity index (χ2n) is 3.39. The molecule has 0 aromatic heterocycles. The second-order valence-corrected chi connectivity index (χ2v) is 3.39. The topological polar surface area (TPSA) is 18.5 Å². The minimum absolute atomic E-state index is 0.362. The van der Waals surface area contributed by atoms with Gasteiger partial charge in [-0.25, -0.2) is 0 Å². The van der Waals surface area contributed by atoms with Gasteiger partial charge in [0.25, 0.3) is 0 Å². The number of hydrogen-bond acceptors (Lipinski definition) is 2. The SMILES string of the molecule is c1ccc2c3c(ccc2c1)COCO3. The number of benzene rings is 2. The minimum Gasteiger partial charge on any atom is -0.467 e. The van der Waals surface area contributed by atoms with Crippen LogP contribution in [0, 0.1) is 0 Å². The van der Waals surface area contributed by atoms with Crippen molar-refractivity contribution in [2.24, 2.45) is 0 Å². The van der Waals surface area contributed by atoms with Crippen LogP contribution in [-0.2, 0) is 11.3 Å². The van der Waals surface area contributed by atoms with Crippen LogP contribution in [0.2, 0.25) is 0 Å². The maximum atomic E-state index is 5.51. The molecule has 2 aromatic rings. The molecule has 0 N–H and O–H groups in total. The molecule has 2 aromatic carbocycles. The van der Waals surface area contributed by atoms with E-state index in [1.165, 1.54) is 10.8 Å². The summed E-state index contributed by atoms with van der Waals surface area (Å²) in [4.78, 5) is 0. The first-order chi connectivity index (χ1) is 6.95. The van der Waals surface area contributed by atoms with E-state index in [-0.39, 0.29) is 0 Å². The van der Waals surface area contributed by atoms with Crippen molar-refractivity contribution >= 4 is 10.8 Å². The predicted molar refractivity (Wildman–Crippen MR) is 54.2 cm³/mol.